The molecule has 3 heterocycles. The van der Waals surface area contributed by atoms with E-state index < -0.39 is 143 Å². The molecular formula is C34H40O17. The molecule has 7 rings (SSSR count). The van der Waals surface area contributed by atoms with Crippen LogP contribution in [0.3, 0.4) is 0 Å². The second kappa shape index (κ2) is 10.5. The Morgan fingerprint density at radius 3 is 1.90 bits per heavy atom. The monoisotopic (exact) mass is 720 g/mol. The minimum Gasteiger partial charge on any atom is -0.472 e. The van der Waals surface area contributed by atoms with E-state index in [-0.39, 0.29) is 5.56 Å². The molecule has 2 aliphatic heterocycles. The second-order valence-electron chi connectivity index (χ2n) is 15.4. The molecule has 4 aliphatic carbocycles. The lowest BCUT2D eigenvalue weighted by molar-refractivity contribution is -0.470. The van der Waals surface area contributed by atoms with Crippen molar-refractivity contribution in [2.75, 3.05) is 6.61 Å². The van der Waals surface area contributed by atoms with Gasteiger partial charge in [-0.25, -0.2) is 0 Å². The van der Waals surface area contributed by atoms with Gasteiger partial charge in [-0.15, -0.1) is 0 Å². The van der Waals surface area contributed by atoms with E-state index in [0.717, 1.165) is 27.7 Å². The largest absolute Gasteiger partial charge is 0.472 e. The van der Waals surface area contributed by atoms with Crippen molar-refractivity contribution in [1.82, 2.24) is 0 Å². The molecule has 6 fully saturated rings. The van der Waals surface area contributed by atoms with Crippen LogP contribution in [0.25, 0.3) is 0 Å². The van der Waals surface area contributed by atoms with Crippen LogP contribution in [0, 0.1) is 28.1 Å². The summed E-state index contributed by atoms with van der Waals surface area (Å²) in [6, 6.07) is 1.43. The summed E-state index contributed by atoms with van der Waals surface area (Å²) >= 11 is 0. The lowest BCUT2D eigenvalue weighted by Gasteiger charge is -2.78. The number of rotatable bonds is 5. The Balaban J connectivity index is 1.65. The third-order valence-corrected chi connectivity index (χ3v) is 13.1. The van der Waals surface area contributed by atoms with E-state index in [1.807, 2.05) is 0 Å². The average Bonchev–Trinajstić information content (AvgIpc) is 3.67. The van der Waals surface area contributed by atoms with E-state index >= 15 is 0 Å². The molecule has 0 amide bonds. The number of carbonyl (C=O) groups excluding carboxylic acids is 6. The van der Waals surface area contributed by atoms with Gasteiger partial charge in [0.25, 0.3) is 0 Å². The first-order valence-corrected chi connectivity index (χ1v) is 16.6. The molecule has 2 saturated heterocycles. The highest BCUT2D eigenvalue weighted by Gasteiger charge is 3.01. The number of esters is 6. The topological polar surface area (TPSA) is 252 Å². The fourth-order valence-corrected chi connectivity index (χ4v) is 11.8. The number of aliphatic hydroxyl groups is 4. The van der Waals surface area contributed by atoms with E-state index in [4.69, 9.17) is 32.8 Å². The number of furan rings is 1. The predicted molar refractivity (Wildman–Crippen MR) is 160 cm³/mol. The third kappa shape index (κ3) is 3.79. The number of hydrogen-bond acceptors (Lipinski definition) is 17. The van der Waals surface area contributed by atoms with E-state index in [9.17, 15) is 49.2 Å². The number of ether oxygens (including phenoxy) is 6. The van der Waals surface area contributed by atoms with Crippen LogP contribution in [0.15, 0.2) is 23.0 Å². The first kappa shape index (κ1) is 35.3. The normalized spacial score (nSPS) is 48.9. The van der Waals surface area contributed by atoms with Crippen molar-refractivity contribution >= 4 is 35.8 Å². The van der Waals surface area contributed by atoms with Gasteiger partial charge in [-0.3, -0.25) is 28.8 Å². The fourth-order valence-electron chi connectivity index (χ4n) is 11.8. The number of hydrogen-bond donors (Lipinski definition) is 4. The van der Waals surface area contributed by atoms with Crippen molar-refractivity contribution in [3.05, 3.63) is 24.2 Å². The molecule has 0 aromatic carbocycles. The van der Waals surface area contributed by atoms with E-state index in [1.54, 1.807) is 0 Å². The van der Waals surface area contributed by atoms with Gasteiger partial charge in [0.15, 0.2) is 23.9 Å². The minimum absolute atomic E-state index is 0.191. The summed E-state index contributed by atoms with van der Waals surface area (Å²) in [6.45, 7) is 5.99. The Morgan fingerprint density at radius 1 is 0.765 bits per heavy atom. The molecule has 1 aromatic heterocycles. The van der Waals surface area contributed by atoms with Crippen molar-refractivity contribution in [3.63, 3.8) is 0 Å². The number of fused-ring (bicyclic) bond motifs is 5. The van der Waals surface area contributed by atoms with Crippen LogP contribution in [0.1, 0.15) is 72.5 Å². The number of carbonyl (C=O) groups is 6. The van der Waals surface area contributed by atoms with Crippen molar-refractivity contribution in [2.45, 2.75) is 114 Å². The molecule has 14 atom stereocenters. The second-order valence-corrected chi connectivity index (χ2v) is 15.4. The summed E-state index contributed by atoms with van der Waals surface area (Å²) in [7, 11) is 0. The van der Waals surface area contributed by atoms with Gasteiger partial charge in [-0.05, 0) is 18.4 Å². The Kier molecular flexibility index (Phi) is 7.29. The van der Waals surface area contributed by atoms with Gasteiger partial charge >= 0.3 is 35.8 Å². The molecule has 278 valence electrons. The molecule has 1 aromatic rings. The summed E-state index contributed by atoms with van der Waals surface area (Å²) in [5, 5.41) is 54.1. The lowest BCUT2D eigenvalue weighted by atomic mass is 9.32. The molecule has 17 nitrogen and oxygen atoms in total. The van der Waals surface area contributed by atoms with Crippen LogP contribution in [-0.2, 0) is 57.2 Å². The molecule has 51 heavy (non-hydrogen) atoms. The Labute approximate surface area is 290 Å². The third-order valence-electron chi connectivity index (χ3n) is 13.1. The van der Waals surface area contributed by atoms with Gasteiger partial charge in [0.1, 0.15) is 35.6 Å². The highest BCUT2D eigenvalue weighted by atomic mass is 16.6. The van der Waals surface area contributed by atoms with Crippen molar-refractivity contribution in [1.29, 1.82) is 0 Å². The first-order valence-electron chi connectivity index (χ1n) is 16.6. The van der Waals surface area contributed by atoms with Crippen molar-refractivity contribution in [2.24, 2.45) is 28.1 Å². The van der Waals surface area contributed by atoms with Crippen molar-refractivity contribution < 1.29 is 82.0 Å². The Morgan fingerprint density at radius 2 is 1.33 bits per heavy atom. The smallest absolute Gasteiger partial charge is 0.306 e. The highest BCUT2D eigenvalue weighted by Crippen LogP contribution is 2.84. The molecule has 17 heteroatoms. The van der Waals surface area contributed by atoms with Crippen molar-refractivity contribution in [3.8, 4) is 0 Å². The van der Waals surface area contributed by atoms with E-state index in [0.29, 0.717) is 0 Å². The summed E-state index contributed by atoms with van der Waals surface area (Å²) in [4.78, 5) is 78.6. The van der Waals surface area contributed by atoms with Gasteiger partial charge in [-0.2, -0.15) is 0 Å². The number of cyclic esters (lactones) is 2. The highest BCUT2D eigenvalue weighted by molar-refractivity contribution is 5.76. The summed E-state index contributed by atoms with van der Waals surface area (Å²) < 4.78 is 40.0. The van der Waals surface area contributed by atoms with Crippen LogP contribution in [0.5, 0.6) is 0 Å². The first-order chi connectivity index (χ1) is 23.6. The van der Waals surface area contributed by atoms with E-state index in [2.05, 4.69) is 0 Å². The van der Waals surface area contributed by atoms with Gasteiger partial charge in [0, 0.05) is 51.0 Å². The van der Waals surface area contributed by atoms with Gasteiger partial charge in [0.2, 0.25) is 0 Å². The molecule has 0 radical (unpaired) electrons. The quantitative estimate of drug-likeness (QED) is 0.222. The van der Waals surface area contributed by atoms with Crippen LogP contribution in [0.2, 0.25) is 0 Å². The lowest BCUT2D eigenvalue weighted by Crippen LogP contribution is -2.99. The zero-order valence-corrected chi connectivity index (χ0v) is 28.7. The van der Waals surface area contributed by atoms with Crippen LogP contribution >= 0.6 is 0 Å². The SMILES string of the molecule is CC(=O)O[C@@H]1[C@@]2(O)[C@@H](OC(C)=O)[C@@]3(C)C[C@@]2(O)[C@]2(COC(=O)C[C@@H]32)[C@@]2(O)[C@H](OC(C)=O)[C@H](OC(C)=O)[C@]3(C)[C@@H](CC(=O)O[C@H]3c3ccoc3)[C@@]12O. The average molecular weight is 721 g/mol. The van der Waals surface area contributed by atoms with Crippen LogP contribution < -0.4 is 0 Å². The van der Waals surface area contributed by atoms with Gasteiger partial charge < -0.3 is 53.3 Å². The Hall–Kier alpha value is -4.06. The molecule has 1 spiro atoms. The van der Waals surface area contributed by atoms with Gasteiger partial charge in [0.05, 0.1) is 29.8 Å². The predicted octanol–water partition coefficient (Wildman–Crippen LogP) is -0.458. The zero-order valence-electron chi connectivity index (χ0n) is 28.7. The molecule has 6 aliphatic rings. The zero-order chi connectivity index (χ0) is 37.5. The van der Waals surface area contributed by atoms with Crippen LogP contribution in [0.4, 0.5) is 0 Å². The Bertz CT molecular complexity index is 1740. The molecule has 2 bridgehead atoms. The summed E-state index contributed by atoms with van der Waals surface area (Å²) in [6.07, 6.45) is -9.09. The molecule has 4 N–H and O–H groups in total. The maximum absolute atomic E-state index is 13.9. The molecular weight excluding hydrogens is 680 g/mol. The minimum atomic E-state index is -3.18. The fraction of sp³-hybridized carbons (Fsp3) is 0.706. The molecule has 0 unspecified atom stereocenters. The summed E-state index contributed by atoms with van der Waals surface area (Å²) in [5.41, 5.74) is -17.9. The molecule has 4 saturated carbocycles. The maximum atomic E-state index is 13.9. The maximum Gasteiger partial charge on any atom is 0.306 e. The van der Waals surface area contributed by atoms with E-state index in [1.165, 1.54) is 32.4 Å². The van der Waals surface area contributed by atoms with Crippen LogP contribution in [-0.4, -0.2) is 110 Å². The van der Waals surface area contributed by atoms with Gasteiger partial charge in [-0.1, -0.05) is 13.8 Å². The standard InChI is InChI=1S/C34H40O17/c1-14(35)47-24-25(48-15(2)36)34(44)30-13-46-21(39)9-19(30)28(5)12-31(30,41)33(43,26(28)49-16(3)37)27(50-17(4)38)32(34,42)20-10-22(40)51-23(29(20,24)6)18-7-8-45-11-18/h7-8,11,19-20,23-27,41-44H,9-10,12-13H2,1-6H3/t19-,20+,23-,24-,25+,26-,27-,28-,29+,30+,31+,32+,33-,34-/m0/s1. The summed E-state index contributed by atoms with van der Waals surface area (Å²) in [5.74, 6) is -8.89.